The lowest BCUT2D eigenvalue weighted by Crippen LogP contribution is -2.64. The van der Waals surface area contributed by atoms with Gasteiger partial charge in [-0.1, -0.05) is 11.6 Å². The maximum Gasteiger partial charge on any atom is 0.270 e. The molecule has 25 heavy (non-hydrogen) atoms. The predicted molar refractivity (Wildman–Crippen MR) is 91.5 cm³/mol. The first-order valence-electron chi connectivity index (χ1n) is 8.52. The van der Waals surface area contributed by atoms with Gasteiger partial charge in [0.15, 0.2) is 0 Å². The summed E-state index contributed by atoms with van der Waals surface area (Å²) in [7, 11) is 0. The number of piperidine rings is 2. The average Bonchev–Trinajstić information content (AvgIpc) is 3.30. The van der Waals surface area contributed by atoms with Gasteiger partial charge in [-0.3, -0.25) is 4.79 Å². The van der Waals surface area contributed by atoms with E-state index in [1.807, 2.05) is 4.90 Å². The number of aromatic amines is 1. The second kappa shape index (κ2) is 5.71. The Labute approximate surface area is 150 Å². The Kier molecular flexibility index (Phi) is 3.46. The molecule has 8 heteroatoms. The van der Waals surface area contributed by atoms with E-state index in [0.29, 0.717) is 30.5 Å². The quantitative estimate of drug-likeness (QED) is 0.887. The van der Waals surface area contributed by atoms with Gasteiger partial charge in [0.25, 0.3) is 5.91 Å². The number of carbonyl (C=O) groups excluding carboxylic acids is 1. The summed E-state index contributed by atoms with van der Waals surface area (Å²) in [6.07, 6.45) is 5.35. The van der Waals surface area contributed by atoms with E-state index in [-0.39, 0.29) is 18.0 Å². The largest absolute Gasteiger partial charge is 0.370 e. The van der Waals surface area contributed by atoms with Gasteiger partial charge in [0.05, 0.1) is 23.9 Å². The number of ether oxygens (including phenoxy) is 1. The molecule has 3 fully saturated rings. The highest BCUT2D eigenvalue weighted by atomic mass is 35.5. The third-order valence-corrected chi connectivity index (χ3v) is 5.66. The van der Waals surface area contributed by atoms with Crippen molar-refractivity contribution in [1.82, 2.24) is 19.9 Å². The topological polar surface area (TPSA) is 74.4 Å². The maximum atomic E-state index is 12.8. The van der Waals surface area contributed by atoms with Crippen molar-refractivity contribution in [3.05, 3.63) is 40.6 Å². The molecule has 0 aliphatic carbocycles. The van der Waals surface area contributed by atoms with E-state index in [2.05, 4.69) is 19.9 Å². The van der Waals surface area contributed by atoms with Gasteiger partial charge < -0.3 is 19.5 Å². The Hall–Kier alpha value is -2.12. The molecule has 6 rings (SSSR count). The van der Waals surface area contributed by atoms with Crippen LogP contribution >= 0.6 is 11.6 Å². The van der Waals surface area contributed by atoms with Crippen molar-refractivity contribution in [3.63, 3.8) is 0 Å². The molecule has 2 aromatic rings. The molecule has 0 saturated carbocycles. The van der Waals surface area contributed by atoms with Crippen LogP contribution in [-0.4, -0.2) is 50.9 Å². The van der Waals surface area contributed by atoms with Gasteiger partial charge in [-0.05, 0) is 18.9 Å². The molecule has 2 atom stereocenters. The third-order valence-electron chi connectivity index (χ3n) is 5.44. The van der Waals surface area contributed by atoms with E-state index in [9.17, 15) is 4.79 Å². The van der Waals surface area contributed by atoms with Crippen LogP contribution in [-0.2, 0) is 18.0 Å². The van der Waals surface area contributed by atoms with Crippen LogP contribution in [0.5, 0.6) is 0 Å². The van der Waals surface area contributed by atoms with Crippen LogP contribution < -0.4 is 4.90 Å². The zero-order valence-corrected chi connectivity index (χ0v) is 14.4. The minimum absolute atomic E-state index is 0.0255. The van der Waals surface area contributed by atoms with Crippen molar-refractivity contribution in [1.29, 1.82) is 0 Å². The van der Waals surface area contributed by atoms with Crippen molar-refractivity contribution < 1.29 is 9.53 Å². The summed E-state index contributed by atoms with van der Waals surface area (Å²) in [5.74, 6) is 1.00. The molecular formula is C17H18ClN5O2. The number of carbonyl (C=O) groups is 1. The molecule has 1 N–H and O–H groups in total. The van der Waals surface area contributed by atoms with Gasteiger partial charge in [0, 0.05) is 36.9 Å². The minimum Gasteiger partial charge on any atom is -0.370 e. The molecule has 2 aromatic heterocycles. The number of rotatable bonds is 2. The molecule has 6 heterocycles. The van der Waals surface area contributed by atoms with Gasteiger partial charge >= 0.3 is 0 Å². The first-order valence-corrected chi connectivity index (χ1v) is 8.90. The molecule has 0 spiro atoms. The number of amides is 1. The average molecular weight is 360 g/mol. The van der Waals surface area contributed by atoms with Crippen LogP contribution in [0.2, 0.25) is 5.02 Å². The lowest BCUT2D eigenvalue weighted by molar-refractivity contribution is 0.0498. The number of aromatic nitrogens is 3. The zero-order valence-electron chi connectivity index (χ0n) is 13.6. The van der Waals surface area contributed by atoms with Crippen molar-refractivity contribution in [2.45, 2.75) is 38.1 Å². The fraction of sp³-hybridized carbons (Fsp3) is 0.471. The number of anilines is 1. The first-order chi connectivity index (χ1) is 12.2. The normalized spacial score (nSPS) is 24.7. The molecule has 4 aliphatic rings. The van der Waals surface area contributed by atoms with Crippen LogP contribution in [0, 0.1) is 0 Å². The Bertz CT molecular complexity index is 838. The van der Waals surface area contributed by atoms with Gasteiger partial charge in [-0.25, -0.2) is 9.97 Å². The Balaban J connectivity index is 1.41. The van der Waals surface area contributed by atoms with E-state index in [0.717, 1.165) is 36.5 Å². The summed E-state index contributed by atoms with van der Waals surface area (Å²) in [6, 6.07) is 2.16. The number of hydrogen-bond donors (Lipinski definition) is 1. The molecule has 2 bridgehead atoms. The molecule has 7 nitrogen and oxygen atoms in total. The SMILES string of the molecule is O=C(c1cc(Cl)c[nH]1)N1CC2CCC1CN2c1ncnc2c1COC2. The summed E-state index contributed by atoms with van der Waals surface area (Å²) in [5.41, 5.74) is 2.64. The van der Waals surface area contributed by atoms with Crippen LogP contribution in [0.25, 0.3) is 0 Å². The molecular weight excluding hydrogens is 342 g/mol. The summed E-state index contributed by atoms with van der Waals surface area (Å²) in [4.78, 5) is 28.9. The number of piperazine rings is 1. The Morgan fingerprint density at radius 1 is 1.24 bits per heavy atom. The van der Waals surface area contributed by atoms with E-state index >= 15 is 0 Å². The lowest BCUT2D eigenvalue weighted by Gasteiger charge is -2.52. The molecule has 3 saturated heterocycles. The van der Waals surface area contributed by atoms with E-state index in [4.69, 9.17) is 16.3 Å². The number of nitrogens with one attached hydrogen (secondary N) is 1. The monoisotopic (exact) mass is 359 g/mol. The number of nitrogens with zero attached hydrogens (tertiary/aromatic N) is 4. The highest BCUT2D eigenvalue weighted by Gasteiger charge is 2.43. The Morgan fingerprint density at radius 3 is 2.88 bits per heavy atom. The third kappa shape index (κ3) is 2.41. The highest BCUT2D eigenvalue weighted by molar-refractivity contribution is 6.30. The number of fused-ring (bicyclic) bond motifs is 4. The highest BCUT2D eigenvalue weighted by Crippen LogP contribution is 2.36. The first kappa shape index (κ1) is 15.2. The fourth-order valence-corrected chi connectivity index (χ4v) is 4.35. The van der Waals surface area contributed by atoms with Crippen molar-refractivity contribution in [2.24, 2.45) is 0 Å². The van der Waals surface area contributed by atoms with E-state index in [1.54, 1.807) is 18.6 Å². The zero-order chi connectivity index (χ0) is 17.0. The molecule has 2 unspecified atom stereocenters. The standard InChI is InChI=1S/C17H18ClN5O2/c18-10-3-14(19-4-10)17(24)23-6-11-1-2-12(23)5-22(11)16-13-7-25-8-15(13)20-9-21-16/h3-4,9,11-12,19H,1-2,5-8H2. The molecule has 4 aliphatic heterocycles. The summed E-state index contributed by atoms with van der Waals surface area (Å²) in [5, 5.41) is 0.559. The van der Waals surface area contributed by atoms with Crippen LogP contribution in [0.4, 0.5) is 5.82 Å². The molecule has 130 valence electrons. The number of halogens is 1. The second-order valence-electron chi connectivity index (χ2n) is 6.84. The summed E-state index contributed by atoms with van der Waals surface area (Å²) in [6.45, 7) is 2.64. The van der Waals surface area contributed by atoms with Crippen LogP contribution in [0.1, 0.15) is 34.6 Å². The number of H-pyrrole nitrogens is 1. The van der Waals surface area contributed by atoms with Gasteiger partial charge in [0.2, 0.25) is 0 Å². The van der Waals surface area contributed by atoms with Crippen molar-refractivity contribution in [3.8, 4) is 0 Å². The fourth-order valence-electron chi connectivity index (χ4n) is 4.19. The molecule has 0 radical (unpaired) electrons. The van der Waals surface area contributed by atoms with Crippen molar-refractivity contribution >= 4 is 23.3 Å². The van der Waals surface area contributed by atoms with Gasteiger partial charge in [-0.2, -0.15) is 0 Å². The second-order valence-corrected chi connectivity index (χ2v) is 7.28. The molecule has 1 amide bonds. The van der Waals surface area contributed by atoms with E-state index in [1.165, 1.54) is 0 Å². The summed E-state index contributed by atoms with van der Waals surface area (Å²) >= 11 is 5.94. The summed E-state index contributed by atoms with van der Waals surface area (Å²) < 4.78 is 5.54. The maximum absolute atomic E-state index is 12.8. The lowest BCUT2D eigenvalue weighted by atomic mass is 9.90. The smallest absolute Gasteiger partial charge is 0.270 e. The Morgan fingerprint density at radius 2 is 2.12 bits per heavy atom. The predicted octanol–water partition coefficient (Wildman–Crippen LogP) is 1.98. The molecule has 0 aromatic carbocycles. The van der Waals surface area contributed by atoms with Gasteiger partial charge in [-0.15, -0.1) is 0 Å². The van der Waals surface area contributed by atoms with Crippen LogP contribution in [0.15, 0.2) is 18.6 Å². The van der Waals surface area contributed by atoms with Gasteiger partial charge in [0.1, 0.15) is 17.8 Å². The van der Waals surface area contributed by atoms with Crippen LogP contribution in [0.3, 0.4) is 0 Å². The number of hydrogen-bond acceptors (Lipinski definition) is 5. The minimum atomic E-state index is 0.0255. The van der Waals surface area contributed by atoms with Crippen molar-refractivity contribution in [2.75, 3.05) is 18.0 Å². The van der Waals surface area contributed by atoms with E-state index < -0.39 is 0 Å².